The lowest BCUT2D eigenvalue weighted by Crippen LogP contribution is -2.40. The third-order valence-corrected chi connectivity index (χ3v) is 5.02. The molecule has 1 unspecified atom stereocenters. The first-order chi connectivity index (χ1) is 8.54. The van der Waals surface area contributed by atoms with Gasteiger partial charge in [0.15, 0.2) is 0 Å². The largest absolute Gasteiger partial charge is 0.396 e. The third kappa shape index (κ3) is 2.67. The van der Waals surface area contributed by atoms with Crippen molar-refractivity contribution in [3.63, 3.8) is 0 Å². The standard InChI is InChI=1S/C13H19NO3S/c1-11-9-12-5-2-3-6-13(12)14(10-11)18(16,17)8-4-7-15/h2-3,5-6,11,15H,4,7-10H2,1H3. The Morgan fingerprint density at radius 1 is 1.39 bits per heavy atom. The van der Waals surface area contributed by atoms with Gasteiger partial charge >= 0.3 is 0 Å². The normalized spacial score (nSPS) is 19.7. The molecule has 1 heterocycles. The van der Waals surface area contributed by atoms with Gasteiger partial charge in [0.05, 0.1) is 11.4 Å². The smallest absolute Gasteiger partial charge is 0.235 e. The number of rotatable bonds is 4. The quantitative estimate of drug-likeness (QED) is 0.899. The van der Waals surface area contributed by atoms with Crippen LogP contribution in [0.4, 0.5) is 5.69 Å². The number of sulfonamides is 1. The van der Waals surface area contributed by atoms with Gasteiger partial charge in [-0.3, -0.25) is 4.31 Å². The summed E-state index contributed by atoms with van der Waals surface area (Å²) in [7, 11) is -3.32. The number of anilines is 1. The van der Waals surface area contributed by atoms with E-state index >= 15 is 0 Å². The maximum Gasteiger partial charge on any atom is 0.235 e. The summed E-state index contributed by atoms with van der Waals surface area (Å²) in [5, 5.41) is 8.79. The molecule has 2 rings (SSSR count). The van der Waals surface area contributed by atoms with Crippen LogP contribution in [0.1, 0.15) is 18.9 Å². The Balaban J connectivity index is 2.34. The minimum Gasteiger partial charge on any atom is -0.396 e. The van der Waals surface area contributed by atoms with E-state index in [2.05, 4.69) is 6.92 Å². The molecule has 1 atom stereocenters. The minimum absolute atomic E-state index is 0.00452. The molecule has 0 radical (unpaired) electrons. The fourth-order valence-corrected chi connectivity index (χ4v) is 4.04. The second-order valence-corrected chi connectivity index (χ2v) is 6.88. The van der Waals surface area contributed by atoms with E-state index in [9.17, 15) is 8.42 Å². The number of hydrogen-bond acceptors (Lipinski definition) is 3. The molecular formula is C13H19NO3S. The number of hydrogen-bond donors (Lipinski definition) is 1. The number of nitrogens with zero attached hydrogens (tertiary/aromatic N) is 1. The fourth-order valence-electron chi connectivity index (χ4n) is 2.37. The highest BCUT2D eigenvalue weighted by Gasteiger charge is 2.29. The molecule has 0 bridgehead atoms. The Hall–Kier alpha value is -1.07. The SMILES string of the molecule is CC1Cc2ccccc2N(S(=O)(=O)CCCO)C1. The predicted molar refractivity (Wildman–Crippen MR) is 72.1 cm³/mol. The van der Waals surface area contributed by atoms with Crippen molar-refractivity contribution in [1.29, 1.82) is 0 Å². The van der Waals surface area contributed by atoms with Gasteiger partial charge in [-0.1, -0.05) is 25.1 Å². The van der Waals surface area contributed by atoms with Gasteiger partial charge in [-0.25, -0.2) is 8.42 Å². The van der Waals surface area contributed by atoms with E-state index in [1.54, 1.807) is 0 Å². The number of aliphatic hydroxyl groups excluding tert-OH is 1. The van der Waals surface area contributed by atoms with Crippen molar-refractivity contribution in [3.05, 3.63) is 29.8 Å². The molecule has 1 aliphatic rings. The van der Waals surface area contributed by atoms with Gasteiger partial charge in [0, 0.05) is 13.2 Å². The highest BCUT2D eigenvalue weighted by Crippen LogP contribution is 2.31. The van der Waals surface area contributed by atoms with Gasteiger partial charge in [0.25, 0.3) is 0 Å². The summed E-state index contributed by atoms with van der Waals surface area (Å²) in [6, 6.07) is 7.65. The first-order valence-corrected chi connectivity index (χ1v) is 7.84. The average molecular weight is 269 g/mol. The zero-order valence-electron chi connectivity index (χ0n) is 10.5. The van der Waals surface area contributed by atoms with Crippen molar-refractivity contribution in [3.8, 4) is 0 Å². The van der Waals surface area contributed by atoms with Crippen molar-refractivity contribution in [2.24, 2.45) is 5.92 Å². The molecule has 0 aliphatic carbocycles. The van der Waals surface area contributed by atoms with Crippen LogP contribution in [0.5, 0.6) is 0 Å². The van der Waals surface area contributed by atoms with Crippen LogP contribution in [-0.4, -0.2) is 32.4 Å². The van der Waals surface area contributed by atoms with Crippen molar-refractivity contribution in [1.82, 2.24) is 0 Å². The molecule has 0 saturated carbocycles. The molecule has 18 heavy (non-hydrogen) atoms. The topological polar surface area (TPSA) is 57.6 Å². The highest BCUT2D eigenvalue weighted by molar-refractivity contribution is 7.92. The summed E-state index contributed by atoms with van der Waals surface area (Å²) in [6.07, 6.45) is 1.21. The van der Waals surface area contributed by atoms with E-state index < -0.39 is 10.0 Å². The van der Waals surface area contributed by atoms with Crippen LogP contribution < -0.4 is 4.31 Å². The van der Waals surface area contributed by atoms with Crippen molar-refractivity contribution in [2.75, 3.05) is 23.2 Å². The van der Waals surface area contributed by atoms with Crippen molar-refractivity contribution >= 4 is 15.7 Å². The van der Waals surface area contributed by atoms with E-state index in [4.69, 9.17) is 5.11 Å². The lowest BCUT2D eigenvalue weighted by Gasteiger charge is -2.33. The molecular weight excluding hydrogens is 250 g/mol. The van der Waals surface area contributed by atoms with Crippen LogP contribution in [0, 0.1) is 5.92 Å². The Kier molecular flexibility index (Phi) is 3.92. The molecule has 0 aromatic heterocycles. The van der Waals surface area contributed by atoms with Crippen LogP contribution >= 0.6 is 0 Å². The molecule has 0 fully saturated rings. The van der Waals surface area contributed by atoms with Crippen molar-refractivity contribution < 1.29 is 13.5 Å². The van der Waals surface area contributed by atoms with Crippen LogP contribution in [0.2, 0.25) is 0 Å². The van der Waals surface area contributed by atoms with Crippen molar-refractivity contribution in [2.45, 2.75) is 19.8 Å². The first-order valence-electron chi connectivity index (χ1n) is 6.24. The molecule has 1 N–H and O–H groups in total. The molecule has 5 heteroatoms. The summed E-state index contributed by atoms with van der Waals surface area (Å²) < 4.78 is 26.0. The maximum atomic E-state index is 12.3. The van der Waals surface area contributed by atoms with Crippen LogP contribution in [0.3, 0.4) is 0 Å². The fraction of sp³-hybridized carbons (Fsp3) is 0.538. The summed E-state index contributed by atoms with van der Waals surface area (Å²) in [4.78, 5) is 0. The molecule has 0 saturated heterocycles. The van der Waals surface area contributed by atoms with E-state index in [0.29, 0.717) is 12.5 Å². The summed E-state index contributed by atoms with van der Waals surface area (Å²) in [6.45, 7) is 2.50. The molecule has 0 spiro atoms. The third-order valence-electron chi connectivity index (χ3n) is 3.20. The van der Waals surface area contributed by atoms with Gasteiger partial charge in [-0.15, -0.1) is 0 Å². The minimum atomic E-state index is -3.32. The Morgan fingerprint density at radius 3 is 2.83 bits per heavy atom. The molecule has 1 aromatic carbocycles. The molecule has 1 aromatic rings. The zero-order valence-corrected chi connectivity index (χ0v) is 11.4. The zero-order chi connectivity index (χ0) is 13.2. The summed E-state index contributed by atoms with van der Waals surface area (Å²) >= 11 is 0. The number of aliphatic hydroxyl groups is 1. The Labute approximate surface area is 108 Å². The lowest BCUT2D eigenvalue weighted by molar-refractivity contribution is 0.295. The van der Waals surface area contributed by atoms with Crippen LogP contribution in [0.15, 0.2) is 24.3 Å². The molecule has 1 aliphatic heterocycles. The molecule has 0 amide bonds. The predicted octanol–water partition coefficient (Wildman–Crippen LogP) is 1.40. The van der Waals surface area contributed by atoms with E-state index in [0.717, 1.165) is 17.7 Å². The van der Waals surface area contributed by atoms with E-state index in [1.165, 1.54) is 4.31 Å². The Bertz CT molecular complexity index is 513. The van der Waals surface area contributed by atoms with Crippen LogP contribution in [0.25, 0.3) is 0 Å². The van der Waals surface area contributed by atoms with E-state index in [1.807, 2.05) is 24.3 Å². The number of para-hydroxylation sites is 1. The molecule has 4 nitrogen and oxygen atoms in total. The lowest BCUT2D eigenvalue weighted by atomic mass is 9.96. The van der Waals surface area contributed by atoms with Crippen LogP contribution in [-0.2, 0) is 16.4 Å². The maximum absolute atomic E-state index is 12.3. The number of fused-ring (bicyclic) bond motifs is 1. The van der Waals surface area contributed by atoms with E-state index in [-0.39, 0.29) is 18.8 Å². The monoisotopic (exact) mass is 269 g/mol. The average Bonchev–Trinajstić information content (AvgIpc) is 2.35. The van der Waals surface area contributed by atoms with Gasteiger partial charge in [0.2, 0.25) is 10.0 Å². The van der Waals surface area contributed by atoms with Gasteiger partial charge in [-0.05, 0) is 30.4 Å². The van der Waals surface area contributed by atoms with Gasteiger partial charge < -0.3 is 5.11 Å². The van der Waals surface area contributed by atoms with Gasteiger partial charge in [0.1, 0.15) is 0 Å². The highest BCUT2D eigenvalue weighted by atomic mass is 32.2. The second kappa shape index (κ2) is 5.28. The Morgan fingerprint density at radius 2 is 2.11 bits per heavy atom. The summed E-state index contributed by atoms with van der Waals surface area (Å²) in [5.74, 6) is 0.327. The second-order valence-electron chi connectivity index (χ2n) is 4.86. The molecule has 100 valence electrons. The first kappa shape index (κ1) is 13.4. The summed E-state index contributed by atoms with van der Waals surface area (Å²) in [5.41, 5.74) is 1.89. The number of benzene rings is 1. The van der Waals surface area contributed by atoms with Gasteiger partial charge in [-0.2, -0.15) is 0 Å².